The van der Waals surface area contributed by atoms with E-state index < -0.39 is 12.0 Å². The first-order chi connectivity index (χ1) is 9.63. The van der Waals surface area contributed by atoms with E-state index in [1.807, 2.05) is 15.8 Å². The third-order valence-electron chi connectivity index (χ3n) is 3.24. The minimum Gasteiger partial charge on any atom is -0.480 e. The summed E-state index contributed by atoms with van der Waals surface area (Å²) >= 11 is 4.89. The molecule has 1 aliphatic heterocycles. The van der Waals surface area contributed by atoms with E-state index >= 15 is 0 Å². The zero-order chi connectivity index (χ0) is 14.1. The lowest BCUT2D eigenvalue weighted by atomic mass is 10.2. The maximum Gasteiger partial charge on any atom is 0.326 e. The van der Waals surface area contributed by atoms with Crippen LogP contribution in [0.1, 0.15) is 17.7 Å². The van der Waals surface area contributed by atoms with Crippen LogP contribution in [0.25, 0.3) is 0 Å². The standard InChI is InChI=1S/C12H13BrN4O2S/c13-8-4-15-16(6-8)7-9-5-14-12(20-9)17-3-1-2-10(17)11(18)19/h4-6,10H,1-3,7H2,(H,18,19)/t10-/m0/s1. The fourth-order valence-electron chi connectivity index (χ4n) is 2.34. The van der Waals surface area contributed by atoms with Gasteiger partial charge in [0.2, 0.25) is 0 Å². The SMILES string of the molecule is O=C(O)[C@@H]1CCCN1c1ncc(Cn2cc(Br)cn2)s1. The molecule has 1 atom stereocenters. The maximum absolute atomic E-state index is 11.2. The normalized spacial score (nSPS) is 18.6. The predicted octanol–water partition coefficient (Wildman–Crippen LogP) is 2.20. The number of carboxylic acids is 1. The van der Waals surface area contributed by atoms with Crippen molar-refractivity contribution in [3.05, 3.63) is 27.9 Å². The van der Waals surface area contributed by atoms with Crippen LogP contribution in [0.4, 0.5) is 5.13 Å². The van der Waals surface area contributed by atoms with Gasteiger partial charge in [0.25, 0.3) is 0 Å². The van der Waals surface area contributed by atoms with Gasteiger partial charge in [0, 0.05) is 23.8 Å². The Balaban J connectivity index is 1.75. The molecule has 3 heterocycles. The third kappa shape index (κ3) is 2.71. The number of hydrogen-bond acceptors (Lipinski definition) is 5. The predicted molar refractivity (Wildman–Crippen MR) is 79.1 cm³/mol. The number of anilines is 1. The Kier molecular flexibility index (Phi) is 3.75. The Labute approximate surface area is 128 Å². The highest BCUT2D eigenvalue weighted by atomic mass is 79.9. The third-order valence-corrected chi connectivity index (χ3v) is 4.67. The zero-order valence-corrected chi connectivity index (χ0v) is 13.0. The van der Waals surface area contributed by atoms with Crippen LogP contribution in [-0.2, 0) is 11.3 Å². The van der Waals surface area contributed by atoms with E-state index in [2.05, 4.69) is 26.0 Å². The lowest BCUT2D eigenvalue weighted by Crippen LogP contribution is -2.35. The molecule has 1 N–H and O–H groups in total. The van der Waals surface area contributed by atoms with Crippen molar-refractivity contribution in [3.63, 3.8) is 0 Å². The molecule has 1 fully saturated rings. The van der Waals surface area contributed by atoms with Gasteiger partial charge in [-0.15, -0.1) is 0 Å². The molecule has 20 heavy (non-hydrogen) atoms. The lowest BCUT2D eigenvalue weighted by Gasteiger charge is -2.19. The Bertz CT molecular complexity index is 627. The van der Waals surface area contributed by atoms with Gasteiger partial charge in [0.05, 0.1) is 17.2 Å². The fourth-order valence-corrected chi connectivity index (χ4v) is 3.65. The molecule has 0 amide bonds. The minimum absolute atomic E-state index is 0.437. The highest BCUT2D eigenvalue weighted by Gasteiger charge is 2.32. The molecule has 2 aromatic rings. The number of carboxylic acid groups (broad SMARTS) is 1. The van der Waals surface area contributed by atoms with Crippen molar-refractivity contribution in [3.8, 4) is 0 Å². The van der Waals surface area contributed by atoms with Gasteiger partial charge in [-0.2, -0.15) is 5.10 Å². The maximum atomic E-state index is 11.2. The molecule has 106 valence electrons. The number of nitrogens with zero attached hydrogens (tertiary/aromatic N) is 4. The smallest absolute Gasteiger partial charge is 0.326 e. The second-order valence-electron chi connectivity index (χ2n) is 4.65. The van der Waals surface area contributed by atoms with Gasteiger partial charge in [0.1, 0.15) is 6.04 Å². The minimum atomic E-state index is -0.768. The second-order valence-corrected chi connectivity index (χ2v) is 6.66. The van der Waals surface area contributed by atoms with Crippen molar-refractivity contribution >= 4 is 38.4 Å². The summed E-state index contributed by atoms with van der Waals surface area (Å²) < 4.78 is 2.76. The molecule has 0 aromatic carbocycles. The average molecular weight is 357 g/mol. The van der Waals surface area contributed by atoms with Crippen molar-refractivity contribution in [2.45, 2.75) is 25.4 Å². The highest BCUT2D eigenvalue weighted by Crippen LogP contribution is 2.30. The number of rotatable bonds is 4. The van der Waals surface area contributed by atoms with E-state index in [0.29, 0.717) is 13.0 Å². The Hall–Kier alpha value is -1.41. The van der Waals surface area contributed by atoms with Gasteiger partial charge >= 0.3 is 5.97 Å². The van der Waals surface area contributed by atoms with Crippen LogP contribution in [-0.4, -0.2) is 38.4 Å². The molecule has 3 rings (SSSR count). The monoisotopic (exact) mass is 356 g/mol. The first kappa shape index (κ1) is 13.6. The summed E-state index contributed by atoms with van der Waals surface area (Å²) in [5.74, 6) is -0.768. The summed E-state index contributed by atoms with van der Waals surface area (Å²) in [6.07, 6.45) is 7.03. The number of thiazole rings is 1. The Morgan fingerprint density at radius 3 is 3.10 bits per heavy atom. The molecule has 0 bridgehead atoms. The summed E-state index contributed by atoms with van der Waals surface area (Å²) in [6, 6.07) is -0.437. The Morgan fingerprint density at radius 2 is 2.40 bits per heavy atom. The van der Waals surface area contributed by atoms with Gasteiger partial charge in [-0.3, -0.25) is 4.68 Å². The first-order valence-electron chi connectivity index (χ1n) is 6.25. The quantitative estimate of drug-likeness (QED) is 0.909. The van der Waals surface area contributed by atoms with Crippen molar-refractivity contribution < 1.29 is 9.90 Å². The van der Waals surface area contributed by atoms with Gasteiger partial charge in [-0.05, 0) is 28.8 Å². The van der Waals surface area contributed by atoms with E-state index in [0.717, 1.165) is 27.4 Å². The van der Waals surface area contributed by atoms with Crippen molar-refractivity contribution in [1.29, 1.82) is 0 Å². The van der Waals surface area contributed by atoms with Gasteiger partial charge in [-0.25, -0.2) is 9.78 Å². The molecule has 6 nitrogen and oxygen atoms in total. The summed E-state index contributed by atoms with van der Waals surface area (Å²) in [6.45, 7) is 1.41. The molecular formula is C12H13BrN4O2S. The van der Waals surface area contributed by atoms with E-state index in [1.165, 1.54) is 11.3 Å². The number of carbonyl (C=O) groups is 1. The van der Waals surface area contributed by atoms with Crippen LogP contribution in [0.5, 0.6) is 0 Å². The zero-order valence-electron chi connectivity index (χ0n) is 10.6. The second kappa shape index (κ2) is 5.53. The molecule has 1 saturated heterocycles. The van der Waals surface area contributed by atoms with Crippen LogP contribution in [0.15, 0.2) is 23.1 Å². The number of hydrogen-bond donors (Lipinski definition) is 1. The van der Waals surface area contributed by atoms with Gasteiger partial charge in [0.15, 0.2) is 5.13 Å². The van der Waals surface area contributed by atoms with Crippen LogP contribution in [0.2, 0.25) is 0 Å². The van der Waals surface area contributed by atoms with Crippen molar-refractivity contribution in [2.24, 2.45) is 0 Å². The van der Waals surface area contributed by atoms with E-state index in [4.69, 9.17) is 0 Å². The van der Waals surface area contributed by atoms with Crippen LogP contribution in [0.3, 0.4) is 0 Å². The number of halogens is 1. The molecule has 8 heteroatoms. The summed E-state index contributed by atoms with van der Waals surface area (Å²) in [5.41, 5.74) is 0. The van der Waals surface area contributed by atoms with E-state index in [9.17, 15) is 9.90 Å². The van der Waals surface area contributed by atoms with Crippen LogP contribution >= 0.6 is 27.3 Å². The molecule has 2 aromatic heterocycles. The molecule has 0 aliphatic carbocycles. The topological polar surface area (TPSA) is 71.2 Å². The van der Waals surface area contributed by atoms with Crippen LogP contribution < -0.4 is 4.90 Å². The molecule has 0 radical (unpaired) electrons. The van der Waals surface area contributed by atoms with E-state index in [-0.39, 0.29) is 0 Å². The highest BCUT2D eigenvalue weighted by molar-refractivity contribution is 9.10. The average Bonchev–Trinajstić information content (AvgIpc) is 3.09. The fraction of sp³-hybridized carbons (Fsp3) is 0.417. The molecule has 0 saturated carbocycles. The summed E-state index contributed by atoms with van der Waals surface area (Å²) in [5, 5.41) is 14.2. The summed E-state index contributed by atoms with van der Waals surface area (Å²) in [7, 11) is 0. The lowest BCUT2D eigenvalue weighted by molar-refractivity contribution is -0.138. The Morgan fingerprint density at radius 1 is 1.55 bits per heavy atom. The number of aliphatic carboxylic acids is 1. The molecule has 0 spiro atoms. The molecule has 0 unspecified atom stereocenters. The van der Waals surface area contributed by atoms with Gasteiger partial charge in [-0.1, -0.05) is 11.3 Å². The van der Waals surface area contributed by atoms with Gasteiger partial charge < -0.3 is 10.0 Å². The first-order valence-corrected chi connectivity index (χ1v) is 7.86. The summed E-state index contributed by atoms with van der Waals surface area (Å²) in [4.78, 5) is 18.5. The van der Waals surface area contributed by atoms with Crippen molar-refractivity contribution in [2.75, 3.05) is 11.4 Å². The van der Waals surface area contributed by atoms with Crippen LogP contribution in [0, 0.1) is 0 Å². The molecule has 1 aliphatic rings. The van der Waals surface area contributed by atoms with E-state index in [1.54, 1.807) is 12.4 Å². The molecular weight excluding hydrogens is 344 g/mol. The van der Waals surface area contributed by atoms with Crippen molar-refractivity contribution in [1.82, 2.24) is 14.8 Å². The number of aromatic nitrogens is 3. The largest absolute Gasteiger partial charge is 0.480 e.